The maximum absolute atomic E-state index is 11.9. The van der Waals surface area contributed by atoms with E-state index in [1.165, 1.54) is 0 Å². The van der Waals surface area contributed by atoms with Gasteiger partial charge in [0, 0.05) is 10.7 Å². The van der Waals surface area contributed by atoms with Gasteiger partial charge in [-0.2, -0.15) is 0 Å². The second-order valence-electron chi connectivity index (χ2n) is 3.65. The third-order valence-corrected chi connectivity index (χ3v) is 2.96. The van der Waals surface area contributed by atoms with E-state index in [0.717, 1.165) is 10.0 Å². The standard InChI is InChI=1S/C13H11BrN2O/c1-9-6-7-12(15-8-9)16-13(17)10-4-2-3-5-11(10)14/h2-8H,1H3,(H,15,16,17). The molecule has 0 bridgehead atoms. The topological polar surface area (TPSA) is 42.0 Å². The second kappa shape index (κ2) is 5.10. The van der Waals surface area contributed by atoms with Crippen LogP contribution < -0.4 is 5.32 Å². The van der Waals surface area contributed by atoms with Crippen LogP contribution in [0.2, 0.25) is 0 Å². The zero-order valence-corrected chi connectivity index (χ0v) is 10.9. The molecular formula is C13H11BrN2O. The van der Waals surface area contributed by atoms with Crippen LogP contribution in [-0.4, -0.2) is 10.9 Å². The number of rotatable bonds is 2. The van der Waals surface area contributed by atoms with Crippen molar-refractivity contribution in [3.05, 3.63) is 58.2 Å². The number of amides is 1. The molecule has 0 fully saturated rings. The first-order valence-corrected chi connectivity index (χ1v) is 5.94. The third-order valence-electron chi connectivity index (χ3n) is 2.27. The van der Waals surface area contributed by atoms with Gasteiger partial charge in [0.1, 0.15) is 5.82 Å². The first-order chi connectivity index (χ1) is 8.16. The number of halogens is 1. The van der Waals surface area contributed by atoms with Crippen molar-refractivity contribution in [2.45, 2.75) is 6.92 Å². The maximum Gasteiger partial charge on any atom is 0.257 e. The fourth-order valence-corrected chi connectivity index (χ4v) is 1.84. The lowest BCUT2D eigenvalue weighted by molar-refractivity contribution is 0.102. The molecule has 2 aromatic rings. The molecule has 0 spiro atoms. The highest BCUT2D eigenvalue weighted by Gasteiger charge is 2.09. The highest BCUT2D eigenvalue weighted by Crippen LogP contribution is 2.17. The van der Waals surface area contributed by atoms with E-state index >= 15 is 0 Å². The summed E-state index contributed by atoms with van der Waals surface area (Å²) in [7, 11) is 0. The molecule has 0 unspecified atom stereocenters. The summed E-state index contributed by atoms with van der Waals surface area (Å²) in [4.78, 5) is 16.1. The fraction of sp³-hybridized carbons (Fsp3) is 0.0769. The zero-order chi connectivity index (χ0) is 12.3. The van der Waals surface area contributed by atoms with Gasteiger partial charge in [-0.05, 0) is 46.6 Å². The highest BCUT2D eigenvalue weighted by molar-refractivity contribution is 9.10. The maximum atomic E-state index is 11.9. The van der Waals surface area contributed by atoms with Gasteiger partial charge in [0.25, 0.3) is 5.91 Å². The van der Waals surface area contributed by atoms with Crippen molar-refractivity contribution in [2.75, 3.05) is 5.32 Å². The van der Waals surface area contributed by atoms with Gasteiger partial charge in [0.15, 0.2) is 0 Å². The Hall–Kier alpha value is -1.68. The number of anilines is 1. The van der Waals surface area contributed by atoms with Gasteiger partial charge in [-0.25, -0.2) is 4.98 Å². The summed E-state index contributed by atoms with van der Waals surface area (Å²) >= 11 is 3.34. The van der Waals surface area contributed by atoms with Gasteiger partial charge in [-0.1, -0.05) is 18.2 Å². The molecule has 2 rings (SSSR count). The van der Waals surface area contributed by atoms with Crippen LogP contribution in [0, 0.1) is 6.92 Å². The van der Waals surface area contributed by atoms with Crippen molar-refractivity contribution >= 4 is 27.7 Å². The molecule has 0 aliphatic carbocycles. The van der Waals surface area contributed by atoms with Crippen LogP contribution in [0.1, 0.15) is 15.9 Å². The van der Waals surface area contributed by atoms with Crippen LogP contribution in [0.15, 0.2) is 47.1 Å². The summed E-state index contributed by atoms with van der Waals surface area (Å²) in [5.74, 6) is 0.380. The summed E-state index contributed by atoms with van der Waals surface area (Å²) in [6.07, 6.45) is 1.72. The van der Waals surface area contributed by atoms with Crippen LogP contribution >= 0.6 is 15.9 Å². The molecule has 0 aliphatic heterocycles. The number of benzene rings is 1. The lowest BCUT2D eigenvalue weighted by atomic mass is 10.2. The SMILES string of the molecule is Cc1ccc(NC(=O)c2ccccc2Br)nc1. The van der Waals surface area contributed by atoms with Crippen molar-refractivity contribution < 1.29 is 4.79 Å². The Balaban J connectivity index is 2.17. The Labute approximate surface area is 108 Å². The second-order valence-corrected chi connectivity index (χ2v) is 4.51. The zero-order valence-electron chi connectivity index (χ0n) is 9.27. The summed E-state index contributed by atoms with van der Waals surface area (Å²) in [5.41, 5.74) is 1.65. The number of aromatic nitrogens is 1. The lowest BCUT2D eigenvalue weighted by Crippen LogP contribution is -2.13. The van der Waals surface area contributed by atoms with Crippen molar-refractivity contribution in [1.29, 1.82) is 0 Å². The minimum atomic E-state index is -0.172. The molecule has 0 aliphatic rings. The van der Waals surface area contributed by atoms with E-state index in [4.69, 9.17) is 0 Å². The number of hydrogen-bond donors (Lipinski definition) is 1. The summed E-state index contributed by atoms with van der Waals surface area (Å²) in [5, 5.41) is 2.75. The van der Waals surface area contributed by atoms with E-state index in [-0.39, 0.29) is 5.91 Å². The predicted octanol–water partition coefficient (Wildman–Crippen LogP) is 3.40. The molecule has 1 heterocycles. The van der Waals surface area contributed by atoms with E-state index in [1.807, 2.05) is 31.2 Å². The molecule has 1 aromatic carbocycles. The van der Waals surface area contributed by atoms with Crippen LogP contribution in [0.5, 0.6) is 0 Å². The van der Waals surface area contributed by atoms with Crippen LogP contribution in [0.25, 0.3) is 0 Å². The Morgan fingerprint density at radius 1 is 1.24 bits per heavy atom. The van der Waals surface area contributed by atoms with E-state index < -0.39 is 0 Å². The summed E-state index contributed by atoms with van der Waals surface area (Å²) < 4.78 is 0.768. The van der Waals surface area contributed by atoms with Crippen molar-refractivity contribution in [3.63, 3.8) is 0 Å². The molecule has 17 heavy (non-hydrogen) atoms. The summed E-state index contributed by atoms with van der Waals surface area (Å²) in [6.45, 7) is 1.95. The average Bonchev–Trinajstić information content (AvgIpc) is 2.32. The van der Waals surface area contributed by atoms with Crippen LogP contribution in [-0.2, 0) is 0 Å². The summed E-state index contributed by atoms with van der Waals surface area (Å²) in [6, 6.07) is 11.0. The Morgan fingerprint density at radius 3 is 2.65 bits per heavy atom. The van der Waals surface area contributed by atoms with Crippen LogP contribution in [0.3, 0.4) is 0 Å². The van der Waals surface area contributed by atoms with E-state index in [0.29, 0.717) is 11.4 Å². The van der Waals surface area contributed by atoms with Gasteiger partial charge < -0.3 is 5.32 Å². The van der Waals surface area contributed by atoms with Crippen molar-refractivity contribution in [3.8, 4) is 0 Å². The normalized spacial score (nSPS) is 10.0. The van der Waals surface area contributed by atoms with E-state index in [9.17, 15) is 4.79 Å². The van der Waals surface area contributed by atoms with Crippen molar-refractivity contribution in [2.24, 2.45) is 0 Å². The van der Waals surface area contributed by atoms with Gasteiger partial charge in [0.05, 0.1) is 5.56 Å². The lowest BCUT2D eigenvalue weighted by Gasteiger charge is -2.05. The number of carbonyl (C=O) groups is 1. The Morgan fingerprint density at radius 2 is 2.00 bits per heavy atom. The number of hydrogen-bond acceptors (Lipinski definition) is 2. The van der Waals surface area contributed by atoms with Crippen LogP contribution in [0.4, 0.5) is 5.82 Å². The number of nitrogens with one attached hydrogen (secondary N) is 1. The smallest absolute Gasteiger partial charge is 0.257 e. The first kappa shape index (κ1) is 11.8. The third kappa shape index (κ3) is 2.91. The molecule has 1 N–H and O–H groups in total. The number of carbonyl (C=O) groups excluding carboxylic acids is 1. The van der Waals surface area contributed by atoms with Gasteiger partial charge in [0.2, 0.25) is 0 Å². The number of aryl methyl sites for hydroxylation is 1. The average molecular weight is 291 g/mol. The highest BCUT2D eigenvalue weighted by atomic mass is 79.9. The first-order valence-electron chi connectivity index (χ1n) is 5.15. The Bertz CT molecular complexity index is 537. The number of pyridine rings is 1. The minimum Gasteiger partial charge on any atom is -0.307 e. The van der Waals surface area contributed by atoms with E-state index in [1.54, 1.807) is 18.3 Å². The molecule has 86 valence electrons. The minimum absolute atomic E-state index is 0.172. The van der Waals surface area contributed by atoms with Gasteiger partial charge >= 0.3 is 0 Å². The van der Waals surface area contributed by atoms with E-state index in [2.05, 4.69) is 26.2 Å². The molecule has 0 radical (unpaired) electrons. The molecule has 0 saturated heterocycles. The molecular weight excluding hydrogens is 280 g/mol. The fourth-order valence-electron chi connectivity index (χ4n) is 1.37. The molecule has 1 aromatic heterocycles. The molecule has 0 atom stereocenters. The van der Waals surface area contributed by atoms with Crippen molar-refractivity contribution in [1.82, 2.24) is 4.98 Å². The molecule has 0 saturated carbocycles. The quantitative estimate of drug-likeness (QED) is 0.921. The molecule has 3 nitrogen and oxygen atoms in total. The monoisotopic (exact) mass is 290 g/mol. The van der Waals surface area contributed by atoms with Gasteiger partial charge in [-0.3, -0.25) is 4.79 Å². The van der Waals surface area contributed by atoms with Gasteiger partial charge in [-0.15, -0.1) is 0 Å². The Kier molecular flexibility index (Phi) is 3.54. The predicted molar refractivity (Wildman–Crippen MR) is 71.1 cm³/mol. The molecule has 1 amide bonds. The number of nitrogens with zero attached hydrogens (tertiary/aromatic N) is 1. The largest absolute Gasteiger partial charge is 0.307 e. The molecule has 4 heteroatoms.